The van der Waals surface area contributed by atoms with Crippen LogP contribution in [0.15, 0.2) is 18.2 Å². The number of rotatable bonds is 7. The van der Waals surface area contributed by atoms with Crippen LogP contribution < -0.4 is 5.32 Å². The lowest BCUT2D eigenvalue weighted by Crippen LogP contribution is -2.27. The molecule has 0 saturated heterocycles. The highest BCUT2D eigenvalue weighted by molar-refractivity contribution is 5.34. The maximum atomic E-state index is 4.41. The van der Waals surface area contributed by atoms with Crippen LogP contribution >= 0.6 is 0 Å². The largest absolute Gasteiger partial charge is 0.370 e. The summed E-state index contributed by atoms with van der Waals surface area (Å²) in [4.78, 5) is 6.79. The minimum absolute atomic E-state index is 0.640. The van der Waals surface area contributed by atoms with Gasteiger partial charge in [-0.15, -0.1) is 0 Å². The van der Waals surface area contributed by atoms with Crippen molar-refractivity contribution in [1.82, 2.24) is 9.88 Å². The second-order valence-corrected chi connectivity index (χ2v) is 4.87. The van der Waals surface area contributed by atoms with Crippen molar-refractivity contribution in [2.75, 3.05) is 25.5 Å². The third-order valence-corrected chi connectivity index (χ3v) is 3.01. The van der Waals surface area contributed by atoms with E-state index in [2.05, 4.69) is 36.1 Å². The first-order valence-corrected chi connectivity index (χ1v) is 6.47. The highest BCUT2D eigenvalue weighted by Gasteiger charge is 2.01. The quantitative estimate of drug-likeness (QED) is 0.737. The molecule has 1 aromatic heterocycles. The maximum Gasteiger partial charge on any atom is 0.126 e. The molecule has 0 amide bonds. The van der Waals surface area contributed by atoms with Gasteiger partial charge in [0.05, 0.1) is 0 Å². The van der Waals surface area contributed by atoms with Crippen molar-refractivity contribution >= 4 is 5.82 Å². The normalized spacial score (nSPS) is 11.2. The van der Waals surface area contributed by atoms with Crippen molar-refractivity contribution in [2.24, 2.45) is 0 Å². The Morgan fingerprint density at radius 1 is 1.29 bits per heavy atom. The molecule has 1 heterocycles. The topological polar surface area (TPSA) is 28.2 Å². The molecule has 0 radical (unpaired) electrons. The van der Waals surface area contributed by atoms with Crippen molar-refractivity contribution < 1.29 is 0 Å². The van der Waals surface area contributed by atoms with Gasteiger partial charge in [0.2, 0.25) is 0 Å². The van der Waals surface area contributed by atoms with Crippen LogP contribution in [0, 0.1) is 6.92 Å². The number of aromatic nitrogens is 1. The van der Waals surface area contributed by atoms with E-state index in [9.17, 15) is 0 Å². The molecule has 0 bridgehead atoms. The summed E-state index contributed by atoms with van der Waals surface area (Å²) in [6.07, 6.45) is 2.42. The monoisotopic (exact) mass is 235 g/mol. The van der Waals surface area contributed by atoms with E-state index in [4.69, 9.17) is 0 Å². The van der Waals surface area contributed by atoms with Gasteiger partial charge in [-0.05, 0) is 59.3 Å². The molecule has 0 saturated carbocycles. The molecular formula is C14H25N3. The van der Waals surface area contributed by atoms with Crippen LogP contribution in [0.2, 0.25) is 0 Å². The van der Waals surface area contributed by atoms with Crippen molar-refractivity contribution in [3.63, 3.8) is 0 Å². The molecule has 1 aromatic rings. The predicted octanol–water partition coefficient (Wildman–Crippen LogP) is 2.92. The Morgan fingerprint density at radius 2 is 2.06 bits per heavy atom. The van der Waals surface area contributed by atoms with Crippen LogP contribution in [0.4, 0.5) is 5.82 Å². The molecule has 0 fully saturated rings. The molecule has 1 rings (SSSR count). The Balaban J connectivity index is 2.12. The molecule has 0 aliphatic carbocycles. The number of aryl methyl sites for hydroxylation is 1. The lowest BCUT2D eigenvalue weighted by molar-refractivity contribution is 0.269. The number of hydrogen-bond donors (Lipinski definition) is 1. The first-order valence-electron chi connectivity index (χ1n) is 6.47. The van der Waals surface area contributed by atoms with E-state index >= 15 is 0 Å². The van der Waals surface area contributed by atoms with Gasteiger partial charge in [-0.1, -0.05) is 6.07 Å². The molecule has 0 unspecified atom stereocenters. The summed E-state index contributed by atoms with van der Waals surface area (Å²) in [6.45, 7) is 8.65. The molecular weight excluding hydrogens is 210 g/mol. The van der Waals surface area contributed by atoms with Crippen molar-refractivity contribution in [2.45, 2.75) is 39.7 Å². The van der Waals surface area contributed by atoms with E-state index in [1.165, 1.54) is 19.4 Å². The van der Waals surface area contributed by atoms with E-state index < -0.39 is 0 Å². The zero-order valence-electron chi connectivity index (χ0n) is 11.5. The minimum Gasteiger partial charge on any atom is -0.370 e. The van der Waals surface area contributed by atoms with E-state index in [0.29, 0.717) is 6.04 Å². The average molecular weight is 235 g/mol. The molecule has 0 aliphatic heterocycles. The summed E-state index contributed by atoms with van der Waals surface area (Å²) in [5.41, 5.74) is 1.06. The summed E-state index contributed by atoms with van der Waals surface area (Å²) in [6, 6.07) is 6.72. The van der Waals surface area contributed by atoms with Crippen LogP contribution in [0.5, 0.6) is 0 Å². The van der Waals surface area contributed by atoms with Crippen molar-refractivity contribution in [3.8, 4) is 0 Å². The lowest BCUT2D eigenvalue weighted by atomic mass is 10.2. The van der Waals surface area contributed by atoms with Gasteiger partial charge in [-0.25, -0.2) is 4.98 Å². The van der Waals surface area contributed by atoms with E-state index in [-0.39, 0.29) is 0 Å². The van der Waals surface area contributed by atoms with Gasteiger partial charge in [0.15, 0.2) is 0 Å². The summed E-state index contributed by atoms with van der Waals surface area (Å²) >= 11 is 0. The van der Waals surface area contributed by atoms with Gasteiger partial charge in [0.1, 0.15) is 5.82 Å². The Morgan fingerprint density at radius 3 is 2.71 bits per heavy atom. The second kappa shape index (κ2) is 7.28. The summed E-state index contributed by atoms with van der Waals surface area (Å²) in [5, 5.41) is 3.36. The molecule has 3 nitrogen and oxygen atoms in total. The zero-order valence-corrected chi connectivity index (χ0v) is 11.5. The molecule has 0 aromatic carbocycles. The fourth-order valence-electron chi connectivity index (χ4n) is 1.60. The fraction of sp³-hybridized carbons (Fsp3) is 0.643. The van der Waals surface area contributed by atoms with Crippen molar-refractivity contribution in [3.05, 3.63) is 23.9 Å². The Hall–Kier alpha value is -1.09. The zero-order chi connectivity index (χ0) is 12.7. The number of pyridine rings is 1. The number of anilines is 1. The van der Waals surface area contributed by atoms with Crippen LogP contribution in [0.25, 0.3) is 0 Å². The van der Waals surface area contributed by atoms with Gasteiger partial charge in [-0.2, -0.15) is 0 Å². The van der Waals surface area contributed by atoms with E-state index in [1.54, 1.807) is 0 Å². The first kappa shape index (κ1) is 14.0. The third kappa shape index (κ3) is 5.68. The van der Waals surface area contributed by atoms with Gasteiger partial charge >= 0.3 is 0 Å². The van der Waals surface area contributed by atoms with Gasteiger partial charge in [-0.3, -0.25) is 0 Å². The Labute approximate surface area is 105 Å². The lowest BCUT2D eigenvalue weighted by Gasteiger charge is -2.20. The van der Waals surface area contributed by atoms with Gasteiger partial charge in [0, 0.05) is 18.3 Å². The Bertz CT molecular complexity index is 323. The minimum atomic E-state index is 0.640. The smallest absolute Gasteiger partial charge is 0.126 e. The number of nitrogens with zero attached hydrogens (tertiary/aromatic N) is 2. The summed E-state index contributed by atoms with van der Waals surface area (Å²) in [7, 11) is 2.18. The van der Waals surface area contributed by atoms with Crippen molar-refractivity contribution in [1.29, 1.82) is 0 Å². The molecule has 1 N–H and O–H groups in total. The van der Waals surface area contributed by atoms with Crippen LogP contribution in [-0.2, 0) is 0 Å². The highest BCUT2D eigenvalue weighted by atomic mass is 15.1. The van der Waals surface area contributed by atoms with E-state index in [0.717, 1.165) is 18.1 Å². The number of unbranched alkanes of at least 4 members (excludes halogenated alkanes) is 1. The van der Waals surface area contributed by atoms with Crippen LogP contribution in [0.3, 0.4) is 0 Å². The maximum absolute atomic E-state index is 4.41. The third-order valence-electron chi connectivity index (χ3n) is 3.01. The summed E-state index contributed by atoms with van der Waals surface area (Å²) < 4.78 is 0. The molecule has 0 spiro atoms. The molecule has 3 heteroatoms. The van der Waals surface area contributed by atoms with Crippen LogP contribution in [-0.4, -0.2) is 36.1 Å². The van der Waals surface area contributed by atoms with Gasteiger partial charge in [0.25, 0.3) is 0 Å². The highest BCUT2D eigenvalue weighted by Crippen LogP contribution is 2.04. The second-order valence-electron chi connectivity index (χ2n) is 4.87. The first-order chi connectivity index (χ1) is 8.09. The average Bonchev–Trinajstić information content (AvgIpc) is 2.28. The van der Waals surface area contributed by atoms with Crippen LogP contribution in [0.1, 0.15) is 32.4 Å². The molecule has 0 aliphatic rings. The Kier molecular flexibility index (Phi) is 5.98. The van der Waals surface area contributed by atoms with Gasteiger partial charge < -0.3 is 10.2 Å². The molecule has 17 heavy (non-hydrogen) atoms. The SMILES string of the molecule is Cc1cccc(NCCCCN(C)C(C)C)n1. The summed E-state index contributed by atoms with van der Waals surface area (Å²) in [5.74, 6) is 0.988. The molecule has 0 atom stereocenters. The standard InChI is InChI=1S/C14H25N3/c1-12(2)17(4)11-6-5-10-15-14-9-7-8-13(3)16-14/h7-9,12H,5-6,10-11H2,1-4H3,(H,15,16). The number of nitrogens with one attached hydrogen (secondary N) is 1. The number of hydrogen-bond acceptors (Lipinski definition) is 3. The predicted molar refractivity (Wildman–Crippen MR) is 74.5 cm³/mol. The fourth-order valence-corrected chi connectivity index (χ4v) is 1.60. The molecule has 96 valence electrons. The van der Waals surface area contributed by atoms with E-state index in [1.807, 2.05) is 25.1 Å².